The minimum atomic E-state index is 0.0150. The quantitative estimate of drug-likeness (QED) is 0.851. The summed E-state index contributed by atoms with van der Waals surface area (Å²) < 4.78 is 0. The van der Waals surface area contributed by atoms with E-state index in [0.29, 0.717) is 0 Å². The largest absolute Gasteiger partial charge is 0.385 e. The van der Waals surface area contributed by atoms with Crippen molar-refractivity contribution in [2.45, 2.75) is 26.7 Å². The van der Waals surface area contributed by atoms with Gasteiger partial charge < -0.3 is 10.3 Å². The molecule has 1 aromatic carbocycles. The van der Waals surface area contributed by atoms with Gasteiger partial charge in [0.1, 0.15) is 0 Å². The third-order valence-electron chi connectivity index (χ3n) is 2.88. The molecule has 17 heavy (non-hydrogen) atoms. The molecule has 3 heteroatoms. The summed E-state index contributed by atoms with van der Waals surface area (Å²) in [6, 6.07) is 8.03. The van der Waals surface area contributed by atoms with Gasteiger partial charge in [0, 0.05) is 17.8 Å². The molecular weight excluding hydrogens is 212 g/mol. The SMILES string of the molecule is CCNc1ccc2cc(C(C)C)c(=O)[nH]c2c1. The molecule has 2 rings (SSSR count). The van der Waals surface area contributed by atoms with Crippen LogP contribution in [0.5, 0.6) is 0 Å². The van der Waals surface area contributed by atoms with Gasteiger partial charge in [0.2, 0.25) is 0 Å². The fraction of sp³-hybridized carbons (Fsp3) is 0.357. The van der Waals surface area contributed by atoms with Crippen molar-refractivity contribution in [2.75, 3.05) is 11.9 Å². The Morgan fingerprint density at radius 2 is 2.06 bits per heavy atom. The van der Waals surface area contributed by atoms with Gasteiger partial charge in [-0.3, -0.25) is 4.79 Å². The first-order valence-corrected chi connectivity index (χ1v) is 6.02. The van der Waals surface area contributed by atoms with Crippen LogP contribution in [0.2, 0.25) is 0 Å². The Morgan fingerprint density at radius 3 is 2.71 bits per heavy atom. The van der Waals surface area contributed by atoms with Gasteiger partial charge in [-0.05, 0) is 36.4 Å². The van der Waals surface area contributed by atoms with Crippen LogP contribution in [0.15, 0.2) is 29.1 Å². The standard InChI is InChI=1S/C14H18N2O/c1-4-15-11-6-5-10-7-12(9(2)3)14(17)16-13(10)8-11/h5-9,15H,4H2,1-3H3,(H,16,17). The number of rotatable bonds is 3. The highest BCUT2D eigenvalue weighted by molar-refractivity contribution is 5.82. The number of fused-ring (bicyclic) bond motifs is 1. The van der Waals surface area contributed by atoms with Crippen molar-refractivity contribution in [1.29, 1.82) is 0 Å². The van der Waals surface area contributed by atoms with Gasteiger partial charge in [0.25, 0.3) is 5.56 Å². The summed E-state index contributed by atoms with van der Waals surface area (Å²) in [4.78, 5) is 14.8. The molecule has 0 aliphatic heterocycles. The molecule has 2 aromatic rings. The summed E-state index contributed by atoms with van der Waals surface area (Å²) >= 11 is 0. The van der Waals surface area contributed by atoms with E-state index in [1.54, 1.807) is 0 Å². The highest BCUT2D eigenvalue weighted by Crippen LogP contribution is 2.19. The van der Waals surface area contributed by atoms with Gasteiger partial charge in [0.15, 0.2) is 0 Å². The number of nitrogens with one attached hydrogen (secondary N) is 2. The maximum Gasteiger partial charge on any atom is 0.251 e. The summed E-state index contributed by atoms with van der Waals surface area (Å²) in [5.41, 5.74) is 2.78. The zero-order valence-electron chi connectivity index (χ0n) is 10.5. The van der Waals surface area contributed by atoms with Gasteiger partial charge >= 0.3 is 0 Å². The number of aromatic amines is 1. The molecule has 0 radical (unpaired) electrons. The number of anilines is 1. The predicted octanol–water partition coefficient (Wildman–Crippen LogP) is 3.08. The fourth-order valence-corrected chi connectivity index (χ4v) is 1.96. The van der Waals surface area contributed by atoms with Crippen molar-refractivity contribution in [3.05, 3.63) is 40.2 Å². The minimum Gasteiger partial charge on any atom is -0.385 e. The minimum absolute atomic E-state index is 0.0150. The van der Waals surface area contributed by atoms with Crippen LogP contribution in [-0.2, 0) is 0 Å². The van der Waals surface area contributed by atoms with Crippen molar-refractivity contribution in [1.82, 2.24) is 4.98 Å². The second kappa shape index (κ2) is 4.62. The molecule has 3 nitrogen and oxygen atoms in total. The molecule has 0 bridgehead atoms. The third kappa shape index (κ3) is 2.33. The molecule has 1 aromatic heterocycles. The second-order valence-electron chi connectivity index (χ2n) is 4.54. The molecular formula is C14H18N2O. The number of H-pyrrole nitrogens is 1. The third-order valence-corrected chi connectivity index (χ3v) is 2.88. The van der Waals surface area contributed by atoms with E-state index in [1.165, 1.54) is 0 Å². The molecule has 0 spiro atoms. The lowest BCUT2D eigenvalue weighted by atomic mass is 10.0. The molecule has 0 atom stereocenters. The zero-order valence-corrected chi connectivity index (χ0v) is 10.5. The maximum absolute atomic E-state index is 11.9. The topological polar surface area (TPSA) is 44.9 Å². The van der Waals surface area contributed by atoms with Crippen LogP contribution in [-0.4, -0.2) is 11.5 Å². The number of hydrogen-bond donors (Lipinski definition) is 2. The monoisotopic (exact) mass is 230 g/mol. The van der Waals surface area contributed by atoms with Crippen LogP contribution in [0.25, 0.3) is 10.9 Å². The maximum atomic E-state index is 11.9. The molecule has 0 amide bonds. The van der Waals surface area contributed by atoms with Crippen LogP contribution in [0, 0.1) is 0 Å². The van der Waals surface area contributed by atoms with Crippen LogP contribution < -0.4 is 10.9 Å². The lowest BCUT2D eigenvalue weighted by Gasteiger charge is -2.08. The molecule has 90 valence electrons. The molecule has 0 aliphatic carbocycles. The Kier molecular flexibility index (Phi) is 3.18. The molecule has 0 saturated heterocycles. The Hall–Kier alpha value is -1.77. The Labute approximate surface area is 101 Å². The lowest BCUT2D eigenvalue weighted by molar-refractivity contribution is 0.849. The van der Waals surface area contributed by atoms with Gasteiger partial charge in [-0.1, -0.05) is 19.9 Å². The molecule has 0 saturated carbocycles. The van der Waals surface area contributed by atoms with Gasteiger partial charge in [0.05, 0.1) is 5.52 Å². The zero-order chi connectivity index (χ0) is 12.4. The van der Waals surface area contributed by atoms with E-state index in [9.17, 15) is 4.79 Å². The number of aromatic nitrogens is 1. The van der Waals surface area contributed by atoms with E-state index in [4.69, 9.17) is 0 Å². The molecule has 0 fully saturated rings. The normalized spacial score (nSPS) is 11.1. The van der Waals surface area contributed by atoms with E-state index in [-0.39, 0.29) is 11.5 Å². The Morgan fingerprint density at radius 1 is 1.29 bits per heavy atom. The summed E-state index contributed by atoms with van der Waals surface area (Å²) in [7, 11) is 0. The van der Waals surface area contributed by atoms with Gasteiger partial charge in [-0.2, -0.15) is 0 Å². The summed E-state index contributed by atoms with van der Waals surface area (Å²) in [6.07, 6.45) is 0. The second-order valence-corrected chi connectivity index (χ2v) is 4.54. The summed E-state index contributed by atoms with van der Waals surface area (Å²) in [5, 5.41) is 4.31. The van der Waals surface area contributed by atoms with E-state index < -0.39 is 0 Å². The van der Waals surface area contributed by atoms with Gasteiger partial charge in [-0.15, -0.1) is 0 Å². The summed E-state index contributed by atoms with van der Waals surface area (Å²) in [6.45, 7) is 6.99. The van der Waals surface area contributed by atoms with E-state index in [1.807, 2.05) is 38.1 Å². The fourth-order valence-electron chi connectivity index (χ4n) is 1.96. The average molecular weight is 230 g/mol. The predicted molar refractivity (Wildman–Crippen MR) is 72.8 cm³/mol. The van der Waals surface area contributed by atoms with Crippen LogP contribution in [0.4, 0.5) is 5.69 Å². The van der Waals surface area contributed by atoms with Crippen molar-refractivity contribution < 1.29 is 0 Å². The number of hydrogen-bond acceptors (Lipinski definition) is 2. The first kappa shape index (κ1) is 11.7. The first-order chi connectivity index (χ1) is 8.11. The van der Waals surface area contributed by atoms with Crippen LogP contribution >= 0.6 is 0 Å². The highest BCUT2D eigenvalue weighted by Gasteiger charge is 2.06. The Bertz CT molecular complexity index is 584. The van der Waals surface area contributed by atoms with E-state index >= 15 is 0 Å². The van der Waals surface area contributed by atoms with E-state index in [0.717, 1.165) is 28.7 Å². The van der Waals surface area contributed by atoms with Gasteiger partial charge in [-0.25, -0.2) is 0 Å². The van der Waals surface area contributed by atoms with Crippen molar-refractivity contribution in [3.8, 4) is 0 Å². The Balaban J connectivity index is 2.58. The average Bonchev–Trinajstić information content (AvgIpc) is 2.28. The van der Waals surface area contributed by atoms with Crippen molar-refractivity contribution in [3.63, 3.8) is 0 Å². The van der Waals surface area contributed by atoms with Crippen LogP contribution in [0.1, 0.15) is 32.3 Å². The lowest BCUT2D eigenvalue weighted by Crippen LogP contribution is -2.13. The number of pyridine rings is 1. The van der Waals surface area contributed by atoms with Crippen molar-refractivity contribution >= 4 is 16.6 Å². The highest BCUT2D eigenvalue weighted by atomic mass is 16.1. The smallest absolute Gasteiger partial charge is 0.251 e. The molecule has 0 unspecified atom stereocenters. The van der Waals surface area contributed by atoms with E-state index in [2.05, 4.69) is 17.2 Å². The molecule has 1 heterocycles. The summed E-state index contributed by atoms with van der Waals surface area (Å²) in [5.74, 6) is 0.247. The number of benzene rings is 1. The first-order valence-electron chi connectivity index (χ1n) is 6.02. The van der Waals surface area contributed by atoms with Crippen LogP contribution in [0.3, 0.4) is 0 Å². The molecule has 0 aliphatic rings. The molecule has 2 N–H and O–H groups in total. The van der Waals surface area contributed by atoms with Crippen molar-refractivity contribution in [2.24, 2.45) is 0 Å².